The molecule has 0 spiro atoms. The number of isocyanates is 1. The fraction of sp³-hybridized carbons (Fsp3) is 0.417. The molecule has 16 heavy (non-hydrogen) atoms. The highest BCUT2D eigenvalue weighted by molar-refractivity contribution is 6.31. The summed E-state index contributed by atoms with van der Waals surface area (Å²) in [6.07, 6.45) is 3.98. The van der Waals surface area contributed by atoms with Crippen LogP contribution in [0.4, 0.5) is 5.69 Å². The Morgan fingerprint density at radius 1 is 1.38 bits per heavy atom. The van der Waals surface area contributed by atoms with E-state index in [0.29, 0.717) is 11.6 Å². The molecule has 0 aromatic heterocycles. The number of hydrogen-bond acceptors (Lipinski definition) is 3. The van der Waals surface area contributed by atoms with E-state index < -0.39 is 0 Å². The van der Waals surface area contributed by atoms with Gasteiger partial charge >= 0.3 is 0 Å². The molecule has 0 saturated carbocycles. The molecule has 1 aromatic rings. The van der Waals surface area contributed by atoms with Crippen molar-refractivity contribution in [2.24, 2.45) is 4.99 Å². The van der Waals surface area contributed by atoms with Crippen molar-refractivity contribution in [3.63, 3.8) is 0 Å². The van der Waals surface area contributed by atoms with Gasteiger partial charge in [0.2, 0.25) is 6.08 Å². The second-order valence-corrected chi connectivity index (χ2v) is 4.25. The van der Waals surface area contributed by atoms with Crippen molar-refractivity contribution in [3.05, 3.63) is 28.8 Å². The van der Waals surface area contributed by atoms with Gasteiger partial charge in [0.05, 0.1) is 6.54 Å². The second-order valence-electron chi connectivity index (χ2n) is 3.84. The van der Waals surface area contributed by atoms with Crippen LogP contribution in [0.15, 0.2) is 23.2 Å². The lowest BCUT2D eigenvalue weighted by molar-refractivity contribution is 0.563. The van der Waals surface area contributed by atoms with Crippen LogP contribution in [0.1, 0.15) is 18.4 Å². The van der Waals surface area contributed by atoms with E-state index in [2.05, 4.69) is 9.89 Å². The van der Waals surface area contributed by atoms with E-state index in [4.69, 9.17) is 11.6 Å². The smallest absolute Gasteiger partial charge is 0.235 e. The van der Waals surface area contributed by atoms with Crippen molar-refractivity contribution in [2.75, 3.05) is 18.0 Å². The van der Waals surface area contributed by atoms with Gasteiger partial charge in [-0.25, -0.2) is 9.79 Å². The standard InChI is InChI=1S/C12H13ClN2O/c13-11-4-3-5-12(10(11)8-14-9-16)15-6-1-2-7-15/h3-5H,1-2,6-8H2. The summed E-state index contributed by atoms with van der Waals surface area (Å²) in [6.45, 7) is 2.42. The van der Waals surface area contributed by atoms with E-state index in [9.17, 15) is 4.79 Å². The maximum atomic E-state index is 10.2. The molecule has 0 unspecified atom stereocenters. The summed E-state index contributed by atoms with van der Waals surface area (Å²) < 4.78 is 0. The highest BCUT2D eigenvalue weighted by Crippen LogP contribution is 2.30. The average Bonchev–Trinajstić information content (AvgIpc) is 2.80. The summed E-state index contributed by atoms with van der Waals surface area (Å²) in [7, 11) is 0. The molecule has 84 valence electrons. The van der Waals surface area contributed by atoms with Gasteiger partial charge in [-0.1, -0.05) is 17.7 Å². The van der Waals surface area contributed by atoms with Gasteiger partial charge in [0, 0.05) is 29.4 Å². The van der Waals surface area contributed by atoms with Gasteiger partial charge in [-0.2, -0.15) is 0 Å². The van der Waals surface area contributed by atoms with Crippen LogP contribution in [-0.4, -0.2) is 19.2 Å². The zero-order chi connectivity index (χ0) is 11.4. The van der Waals surface area contributed by atoms with Gasteiger partial charge in [0.15, 0.2) is 0 Å². The third-order valence-corrected chi connectivity index (χ3v) is 3.20. The number of benzene rings is 1. The normalized spacial score (nSPS) is 14.9. The third-order valence-electron chi connectivity index (χ3n) is 2.84. The first-order valence-corrected chi connectivity index (χ1v) is 5.76. The zero-order valence-corrected chi connectivity index (χ0v) is 9.70. The Labute approximate surface area is 99.7 Å². The number of rotatable bonds is 3. The highest BCUT2D eigenvalue weighted by atomic mass is 35.5. The number of aliphatic imine (C=N–C) groups is 1. The molecule has 1 aliphatic heterocycles. The summed E-state index contributed by atoms with van der Waals surface area (Å²) in [5, 5.41) is 0.670. The molecule has 0 N–H and O–H groups in total. The number of halogens is 1. The Kier molecular flexibility index (Phi) is 3.60. The van der Waals surface area contributed by atoms with Crippen molar-refractivity contribution in [1.82, 2.24) is 0 Å². The molecule has 4 heteroatoms. The van der Waals surface area contributed by atoms with E-state index in [1.54, 1.807) is 6.08 Å². The minimum atomic E-state index is 0.314. The van der Waals surface area contributed by atoms with Crippen LogP contribution in [-0.2, 0) is 11.3 Å². The molecular formula is C12H13ClN2O. The number of hydrogen-bond donors (Lipinski definition) is 0. The number of carbonyl (C=O) groups excluding carboxylic acids is 1. The van der Waals surface area contributed by atoms with Gasteiger partial charge in [-0.15, -0.1) is 0 Å². The molecule has 1 aliphatic rings. The van der Waals surface area contributed by atoms with Gasteiger partial charge < -0.3 is 4.90 Å². The first-order chi connectivity index (χ1) is 7.83. The van der Waals surface area contributed by atoms with Crippen LogP contribution in [0, 0.1) is 0 Å². The minimum absolute atomic E-state index is 0.314. The van der Waals surface area contributed by atoms with Gasteiger partial charge in [-0.3, -0.25) is 0 Å². The van der Waals surface area contributed by atoms with E-state index >= 15 is 0 Å². The van der Waals surface area contributed by atoms with Crippen LogP contribution in [0.25, 0.3) is 0 Å². The minimum Gasteiger partial charge on any atom is -0.371 e. The van der Waals surface area contributed by atoms with Gasteiger partial charge in [0.25, 0.3) is 0 Å². The quantitative estimate of drug-likeness (QED) is 0.597. The largest absolute Gasteiger partial charge is 0.371 e. The maximum Gasteiger partial charge on any atom is 0.235 e. The molecule has 0 amide bonds. The van der Waals surface area contributed by atoms with Crippen molar-refractivity contribution < 1.29 is 4.79 Å². The van der Waals surface area contributed by atoms with Crippen LogP contribution in [0.2, 0.25) is 5.02 Å². The molecule has 1 saturated heterocycles. The van der Waals surface area contributed by atoms with Crippen molar-refractivity contribution in [1.29, 1.82) is 0 Å². The topological polar surface area (TPSA) is 32.7 Å². The summed E-state index contributed by atoms with van der Waals surface area (Å²) in [5.41, 5.74) is 2.03. The Morgan fingerprint density at radius 3 is 2.81 bits per heavy atom. The highest BCUT2D eigenvalue weighted by Gasteiger charge is 2.16. The lowest BCUT2D eigenvalue weighted by atomic mass is 10.1. The maximum absolute atomic E-state index is 10.2. The van der Waals surface area contributed by atoms with Gasteiger partial charge in [0.1, 0.15) is 0 Å². The molecule has 0 atom stereocenters. The molecule has 1 heterocycles. The predicted molar refractivity (Wildman–Crippen MR) is 64.7 cm³/mol. The number of nitrogens with zero attached hydrogens (tertiary/aromatic N) is 2. The summed E-state index contributed by atoms with van der Waals surface area (Å²) >= 11 is 6.13. The fourth-order valence-electron chi connectivity index (χ4n) is 2.07. The van der Waals surface area contributed by atoms with E-state index in [1.165, 1.54) is 12.8 Å². The second kappa shape index (κ2) is 5.15. The first-order valence-electron chi connectivity index (χ1n) is 5.39. The van der Waals surface area contributed by atoms with Gasteiger partial charge in [-0.05, 0) is 25.0 Å². The lowest BCUT2D eigenvalue weighted by Gasteiger charge is -2.21. The Morgan fingerprint density at radius 2 is 2.12 bits per heavy atom. The van der Waals surface area contributed by atoms with E-state index in [0.717, 1.165) is 24.3 Å². The average molecular weight is 237 g/mol. The number of anilines is 1. The Hall–Kier alpha value is -1.31. The monoisotopic (exact) mass is 236 g/mol. The first kappa shape index (κ1) is 11.2. The van der Waals surface area contributed by atoms with Crippen LogP contribution in [0.5, 0.6) is 0 Å². The lowest BCUT2D eigenvalue weighted by Crippen LogP contribution is -2.19. The summed E-state index contributed by atoms with van der Waals surface area (Å²) in [5.74, 6) is 0. The van der Waals surface area contributed by atoms with Crippen LogP contribution < -0.4 is 4.90 Å². The molecule has 0 radical (unpaired) electrons. The van der Waals surface area contributed by atoms with E-state index in [-0.39, 0.29) is 0 Å². The van der Waals surface area contributed by atoms with Crippen molar-refractivity contribution in [2.45, 2.75) is 19.4 Å². The molecule has 0 bridgehead atoms. The molecule has 1 fully saturated rings. The van der Waals surface area contributed by atoms with Crippen LogP contribution >= 0.6 is 11.6 Å². The molecule has 1 aromatic carbocycles. The Bertz CT molecular complexity index is 421. The van der Waals surface area contributed by atoms with Crippen molar-refractivity contribution >= 4 is 23.4 Å². The SMILES string of the molecule is O=C=NCc1c(Cl)cccc1N1CCCC1. The molecule has 2 rings (SSSR count). The predicted octanol–water partition coefficient (Wildman–Crippen LogP) is 2.78. The summed E-state index contributed by atoms with van der Waals surface area (Å²) in [6, 6.07) is 5.80. The molecule has 3 nitrogen and oxygen atoms in total. The summed E-state index contributed by atoms with van der Waals surface area (Å²) in [4.78, 5) is 16.1. The van der Waals surface area contributed by atoms with Crippen molar-refractivity contribution in [3.8, 4) is 0 Å². The fourth-order valence-corrected chi connectivity index (χ4v) is 2.30. The van der Waals surface area contributed by atoms with Crippen LogP contribution in [0.3, 0.4) is 0 Å². The Balaban J connectivity index is 2.34. The zero-order valence-electron chi connectivity index (χ0n) is 8.95. The molecular weight excluding hydrogens is 224 g/mol. The van der Waals surface area contributed by atoms with E-state index in [1.807, 2.05) is 18.2 Å². The molecule has 0 aliphatic carbocycles. The third kappa shape index (κ3) is 2.26.